The molecule has 0 aliphatic rings. The molecule has 0 aliphatic heterocycles. The maximum Gasteiger partial charge on any atom is 0.220 e. The Bertz CT molecular complexity index is 615. The number of rotatable bonds is 13. The second kappa shape index (κ2) is 15.8. The molecule has 0 spiro atoms. The van der Waals surface area contributed by atoms with Crippen LogP contribution in [0.15, 0.2) is 78.9 Å². The molecule has 3 heteroatoms. The molecule has 2 N–H and O–H groups in total. The summed E-state index contributed by atoms with van der Waals surface area (Å²) in [5.41, 5.74) is 0.928. The second-order valence-corrected chi connectivity index (χ2v) is 6.30. The highest BCUT2D eigenvalue weighted by Gasteiger charge is 2.12. The number of aliphatic hydroxyl groups excluding tert-OH is 1. The fourth-order valence-corrected chi connectivity index (χ4v) is 2.54. The monoisotopic (exact) mass is 367 g/mol. The molecule has 0 heterocycles. The third-order valence-electron chi connectivity index (χ3n) is 4.05. The highest BCUT2D eigenvalue weighted by Crippen LogP contribution is 2.12. The first kappa shape index (κ1) is 22.7. The van der Waals surface area contributed by atoms with Crippen LogP contribution in [0.2, 0.25) is 0 Å². The molecular formula is C24H33NO2. The van der Waals surface area contributed by atoms with Crippen molar-refractivity contribution < 1.29 is 9.90 Å². The Kier molecular flexibility index (Phi) is 13.3. The molecule has 0 unspecified atom stereocenters. The van der Waals surface area contributed by atoms with Gasteiger partial charge in [0.15, 0.2) is 0 Å². The zero-order valence-electron chi connectivity index (χ0n) is 16.4. The van der Waals surface area contributed by atoms with Crippen molar-refractivity contribution in [2.24, 2.45) is 0 Å². The lowest BCUT2D eigenvalue weighted by Gasteiger charge is -2.16. The normalized spacial score (nSPS) is 13.3. The molecule has 0 radical (unpaired) electrons. The maximum atomic E-state index is 12.0. The Morgan fingerprint density at radius 2 is 1.56 bits per heavy atom. The summed E-state index contributed by atoms with van der Waals surface area (Å²) < 4.78 is 0. The van der Waals surface area contributed by atoms with Crippen LogP contribution in [0.25, 0.3) is 0 Å². The SMILES string of the molecule is C/C=C\C/C=C\C/C=C\C/C=C\CCCC(=O)N[C@@H](CO)c1ccccc1. The summed E-state index contributed by atoms with van der Waals surface area (Å²) in [4.78, 5) is 12.0. The van der Waals surface area contributed by atoms with Crippen molar-refractivity contribution in [2.75, 3.05) is 6.61 Å². The lowest BCUT2D eigenvalue weighted by molar-refractivity contribution is -0.122. The zero-order valence-corrected chi connectivity index (χ0v) is 16.4. The first-order valence-electron chi connectivity index (χ1n) is 9.79. The van der Waals surface area contributed by atoms with Crippen LogP contribution < -0.4 is 5.32 Å². The highest BCUT2D eigenvalue weighted by atomic mass is 16.3. The molecule has 1 aromatic rings. The van der Waals surface area contributed by atoms with Gasteiger partial charge < -0.3 is 10.4 Å². The van der Waals surface area contributed by atoms with Crippen LogP contribution in [-0.4, -0.2) is 17.6 Å². The van der Waals surface area contributed by atoms with Gasteiger partial charge in [-0.15, -0.1) is 0 Å². The van der Waals surface area contributed by atoms with E-state index in [1.54, 1.807) is 0 Å². The first-order chi connectivity index (χ1) is 13.3. The summed E-state index contributed by atoms with van der Waals surface area (Å²) in [5.74, 6) is -0.0177. The van der Waals surface area contributed by atoms with E-state index in [2.05, 4.69) is 53.9 Å². The number of carbonyl (C=O) groups excluding carboxylic acids is 1. The second-order valence-electron chi connectivity index (χ2n) is 6.30. The van der Waals surface area contributed by atoms with Crippen LogP contribution in [0.4, 0.5) is 0 Å². The molecule has 1 rings (SSSR count). The molecule has 0 aromatic heterocycles. The van der Waals surface area contributed by atoms with Gasteiger partial charge in [0.2, 0.25) is 5.91 Å². The molecule has 1 aromatic carbocycles. The average molecular weight is 368 g/mol. The first-order valence-corrected chi connectivity index (χ1v) is 9.79. The fourth-order valence-electron chi connectivity index (χ4n) is 2.54. The Morgan fingerprint density at radius 3 is 2.15 bits per heavy atom. The van der Waals surface area contributed by atoms with Gasteiger partial charge >= 0.3 is 0 Å². The molecule has 27 heavy (non-hydrogen) atoms. The summed E-state index contributed by atoms with van der Waals surface area (Å²) in [5, 5.41) is 12.4. The predicted octanol–water partition coefficient (Wildman–Crippen LogP) is 5.42. The minimum absolute atomic E-state index is 0.0177. The lowest BCUT2D eigenvalue weighted by Crippen LogP contribution is -2.30. The van der Waals surface area contributed by atoms with E-state index in [9.17, 15) is 9.90 Å². The van der Waals surface area contributed by atoms with Crippen LogP contribution >= 0.6 is 0 Å². The molecule has 1 amide bonds. The van der Waals surface area contributed by atoms with Crippen molar-refractivity contribution in [2.45, 2.75) is 51.5 Å². The zero-order chi connectivity index (χ0) is 19.6. The van der Waals surface area contributed by atoms with E-state index in [-0.39, 0.29) is 18.6 Å². The van der Waals surface area contributed by atoms with Crippen molar-refractivity contribution >= 4 is 5.91 Å². The summed E-state index contributed by atoms with van der Waals surface area (Å²) in [6, 6.07) is 9.23. The van der Waals surface area contributed by atoms with E-state index in [1.807, 2.05) is 37.3 Å². The van der Waals surface area contributed by atoms with Gasteiger partial charge in [-0.2, -0.15) is 0 Å². The van der Waals surface area contributed by atoms with E-state index >= 15 is 0 Å². The summed E-state index contributed by atoms with van der Waals surface area (Å²) in [7, 11) is 0. The number of hydrogen-bond donors (Lipinski definition) is 2. The smallest absolute Gasteiger partial charge is 0.220 e. The largest absolute Gasteiger partial charge is 0.394 e. The van der Waals surface area contributed by atoms with E-state index in [0.29, 0.717) is 6.42 Å². The van der Waals surface area contributed by atoms with Crippen molar-refractivity contribution in [1.29, 1.82) is 0 Å². The Balaban J connectivity index is 2.12. The molecule has 0 fully saturated rings. The Hall–Kier alpha value is -2.39. The molecule has 146 valence electrons. The number of amides is 1. The summed E-state index contributed by atoms with van der Waals surface area (Å²) >= 11 is 0. The molecule has 0 aliphatic carbocycles. The summed E-state index contributed by atoms with van der Waals surface area (Å²) in [6.07, 6.45) is 22.2. The molecular weight excluding hydrogens is 334 g/mol. The number of aliphatic hydroxyl groups is 1. The number of benzene rings is 1. The molecule has 0 saturated carbocycles. The number of unbranched alkanes of at least 4 members (excludes halogenated alkanes) is 1. The number of carbonyl (C=O) groups is 1. The van der Waals surface area contributed by atoms with Gasteiger partial charge in [-0.25, -0.2) is 0 Å². The molecule has 1 atom stereocenters. The van der Waals surface area contributed by atoms with Gasteiger partial charge in [-0.3, -0.25) is 4.79 Å². The van der Waals surface area contributed by atoms with E-state index in [0.717, 1.165) is 37.7 Å². The van der Waals surface area contributed by atoms with Gasteiger partial charge in [0.1, 0.15) is 0 Å². The van der Waals surface area contributed by atoms with Crippen LogP contribution in [0.5, 0.6) is 0 Å². The minimum atomic E-state index is -0.327. The Morgan fingerprint density at radius 1 is 0.963 bits per heavy atom. The van der Waals surface area contributed by atoms with Crippen molar-refractivity contribution in [3.8, 4) is 0 Å². The average Bonchev–Trinajstić information content (AvgIpc) is 2.70. The highest BCUT2D eigenvalue weighted by molar-refractivity contribution is 5.76. The standard InChI is InChI=1S/C24H33NO2/c1-2-3-4-5-6-7-8-9-10-11-12-13-17-20-24(27)25-23(21-26)22-18-15-14-16-19-22/h2-3,5-6,8-9,11-12,14-16,18-19,23,26H,4,7,10,13,17,20-21H2,1H3,(H,25,27)/b3-2-,6-5-,9-8-,12-11-/t23-/m0/s1. The van der Waals surface area contributed by atoms with Crippen molar-refractivity contribution in [3.05, 3.63) is 84.5 Å². The topological polar surface area (TPSA) is 49.3 Å². The predicted molar refractivity (Wildman–Crippen MR) is 114 cm³/mol. The quantitative estimate of drug-likeness (QED) is 0.361. The van der Waals surface area contributed by atoms with Gasteiger partial charge in [-0.05, 0) is 44.6 Å². The van der Waals surface area contributed by atoms with Crippen LogP contribution in [0.3, 0.4) is 0 Å². The van der Waals surface area contributed by atoms with Gasteiger partial charge in [0, 0.05) is 6.42 Å². The van der Waals surface area contributed by atoms with E-state index in [1.165, 1.54) is 0 Å². The van der Waals surface area contributed by atoms with Crippen LogP contribution in [0.1, 0.15) is 57.1 Å². The minimum Gasteiger partial charge on any atom is -0.394 e. The van der Waals surface area contributed by atoms with Crippen LogP contribution in [-0.2, 0) is 4.79 Å². The van der Waals surface area contributed by atoms with Gasteiger partial charge in [-0.1, -0.05) is 78.9 Å². The number of hydrogen-bond acceptors (Lipinski definition) is 2. The third-order valence-corrected chi connectivity index (χ3v) is 4.05. The van der Waals surface area contributed by atoms with E-state index in [4.69, 9.17) is 0 Å². The fraction of sp³-hybridized carbons (Fsp3) is 0.375. The van der Waals surface area contributed by atoms with Gasteiger partial charge in [0.05, 0.1) is 12.6 Å². The molecule has 3 nitrogen and oxygen atoms in total. The molecule has 0 bridgehead atoms. The van der Waals surface area contributed by atoms with Crippen molar-refractivity contribution in [1.82, 2.24) is 5.32 Å². The number of nitrogens with one attached hydrogen (secondary N) is 1. The van der Waals surface area contributed by atoms with Gasteiger partial charge in [0.25, 0.3) is 0 Å². The van der Waals surface area contributed by atoms with Crippen LogP contribution in [0, 0.1) is 0 Å². The summed E-state index contributed by atoms with van der Waals surface area (Å²) in [6.45, 7) is 1.94. The van der Waals surface area contributed by atoms with E-state index < -0.39 is 0 Å². The maximum absolute atomic E-state index is 12.0. The lowest BCUT2D eigenvalue weighted by atomic mass is 10.1. The van der Waals surface area contributed by atoms with Crippen molar-refractivity contribution in [3.63, 3.8) is 0 Å². The number of allylic oxidation sites excluding steroid dienone is 8. The Labute approximate surface area is 164 Å². The third kappa shape index (κ3) is 11.8. The molecule has 0 saturated heterocycles.